The summed E-state index contributed by atoms with van der Waals surface area (Å²) in [5.41, 5.74) is 4.30. The molecule has 114 valence electrons. The second-order valence-electron chi connectivity index (χ2n) is 5.86. The standard InChI is InChI=1S/C19H22N2O/c1-15-8-2-3-9-16(15)14-19(22)20-17-10-4-5-11-18(17)21-12-6-7-13-21/h2-5,8-11H,6-7,12-14H2,1H3,(H,20,22). The van der Waals surface area contributed by atoms with Gasteiger partial charge in [0.25, 0.3) is 0 Å². The number of amides is 1. The molecule has 1 amide bonds. The summed E-state index contributed by atoms with van der Waals surface area (Å²) < 4.78 is 0. The van der Waals surface area contributed by atoms with Crippen molar-refractivity contribution in [3.8, 4) is 0 Å². The van der Waals surface area contributed by atoms with Gasteiger partial charge >= 0.3 is 0 Å². The van der Waals surface area contributed by atoms with Crippen LogP contribution in [-0.2, 0) is 11.2 Å². The van der Waals surface area contributed by atoms with Gasteiger partial charge in [-0.15, -0.1) is 0 Å². The highest BCUT2D eigenvalue weighted by Crippen LogP contribution is 2.28. The van der Waals surface area contributed by atoms with Gasteiger partial charge in [0, 0.05) is 13.1 Å². The minimum atomic E-state index is 0.0425. The molecule has 3 nitrogen and oxygen atoms in total. The first-order chi connectivity index (χ1) is 10.7. The number of benzene rings is 2. The van der Waals surface area contributed by atoms with Crippen LogP contribution in [0.2, 0.25) is 0 Å². The number of anilines is 2. The predicted molar refractivity (Wildman–Crippen MR) is 91.4 cm³/mol. The third-order valence-corrected chi connectivity index (χ3v) is 4.24. The zero-order chi connectivity index (χ0) is 15.4. The van der Waals surface area contributed by atoms with Gasteiger partial charge in [0.2, 0.25) is 5.91 Å². The summed E-state index contributed by atoms with van der Waals surface area (Å²) in [5.74, 6) is 0.0425. The van der Waals surface area contributed by atoms with E-state index in [9.17, 15) is 4.79 Å². The molecule has 1 fully saturated rings. The molecule has 0 bridgehead atoms. The van der Waals surface area contributed by atoms with E-state index in [4.69, 9.17) is 0 Å². The van der Waals surface area contributed by atoms with Gasteiger partial charge in [-0.05, 0) is 43.0 Å². The summed E-state index contributed by atoms with van der Waals surface area (Å²) in [7, 11) is 0. The summed E-state index contributed by atoms with van der Waals surface area (Å²) in [6, 6.07) is 16.1. The van der Waals surface area contributed by atoms with Crippen LogP contribution in [-0.4, -0.2) is 19.0 Å². The topological polar surface area (TPSA) is 32.3 Å². The first-order valence-corrected chi connectivity index (χ1v) is 7.92. The Balaban J connectivity index is 1.73. The summed E-state index contributed by atoms with van der Waals surface area (Å²) in [6.07, 6.45) is 2.87. The van der Waals surface area contributed by atoms with E-state index in [1.165, 1.54) is 12.8 Å². The van der Waals surface area contributed by atoms with E-state index in [0.717, 1.165) is 35.6 Å². The molecule has 0 aliphatic carbocycles. The second-order valence-corrected chi connectivity index (χ2v) is 5.86. The van der Waals surface area contributed by atoms with Crippen molar-refractivity contribution in [2.75, 3.05) is 23.3 Å². The monoisotopic (exact) mass is 294 g/mol. The second kappa shape index (κ2) is 6.65. The number of hydrogen-bond acceptors (Lipinski definition) is 2. The van der Waals surface area contributed by atoms with Gasteiger partial charge < -0.3 is 10.2 Å². The maximum atomic E-state index is 12.4. The van der Waals surface area contributed by atoms with Gasteiger partial charge in [-0.2, -0.15) is 0 Å². The number of para-hydroxylation sites is 2. The fourth-order valence-corrected chi connectivity index (χ4v) is 2.99. The van der Waals surface area contributed by atoms with Gasteiger partial charge in [0.1, 0.15) is 0 Å². The number of nitrogens with one attached hydrogen (secondary N) is 1. The number of carbonyl (C=O) groups excluding carboxylic acids is 1. The van der Waals surface area contributed by atoms with E-state index in [-0.39, 0.29) is 5.91 Å². The van der Waals surface area contributed by atoms with E-state index in [0.29, 0.717) is 6.42 Å². The fourth-order valence-electron chi connectivity index (χ4n) is 2.99. The van der Waals surface area contributed by atoms with Gasteiger partial charge in [0.15, 0.2) is 0 Å². The van der Waals surface area contributed by atoms with Crippen molar-refractivity contribution in [2.45, 2.75) is 26.2 Å². The zero-order valence-electron chi connectivity index (χ0n) is 13.0. The molecular formula is C19H22N2O. The molecule has 2 aromatic carbocycles. The van der Waals surface area contributed by atoms with Crippen LogP contribution in [0.1, 0.15) is 24.0 Å². The van der Waals surface area contributed by atoms with E-state index >= 15 is 0 Å². The SMILES string of the molecule is Cc1ccccc1CC(=O)Nc1ccccc1N1CCCC1. The fraction of sp³-hybridized carbons (Fsp3) is 0.316. The van der Waals surface area contributed by atoms with Gasteiger partial charge in [-0.1, -0.05) is 36.4 Å². The molecule has 2 aromatic rings. The Labute approximate surface area is 132 Å². The predicted octanol–water partition coefficient (Wildman–Crippen LogP) is 3.78. The molecule has 3 heteroatoms. The number of carbonyl (C=O) groups is 1. The average Bonchev–Trinajstić information content (AvgIpc) is 3.04. The van der Waals surface area contributed by atoms with Crippen LogP contribution >= 0.6 is 0 Å². The molecular weight excluding hydrogens is 272 g/mol. The highest BCUT2D eigenvalue weighted by molar-refractivity contribution is 5.95. The minimum Gasteiger partial charge on any atom is -0.370 e. The van der Waals surface area contributed by atoms with Gasteiger partial charge in [-0.25, -0.2) is 0 Å². The smallest absolute Gasteiger partial charge is 0.228 e. The minimum absolute atomic E-state index is 0.0425. The summed E-state index contributed by atoms with van der Waals surface area (Å²) in [5, 5.41) is 3.08. The highest BCUT2D eigenvalue weighted by atomic mass is 16.1. The van der Waals surface area contributed by atoms with E-state index < -0.39 is 0 Å². The van der Waals surface area contributed by atoms with Crippen molar-refractivity contribution < 1.29 is 4.79 Å². The highest BCUT2D eigenvalue weighted by Gasteiger charge is 2.16. The molecule has 22 heavy (non-hydrogen) atoms. The van der Waals surface area contributed by atoms with Crippen molar-refractivity contribution in [1.82, 2.24) is 0 Å². The number of hydrogen-bond donors (Lipinski definition) is 1. The Morgan fingerprint density at radius 3 is 2.50 bits per heavy atom. The van der Waals surface area contributed by atoms with Gasteiger partial charge in [0.05, 0.1) is 17.8 Å². The molecule has 0 aromatic heterocycles. The molecule has 0 spiro atoms. The van der Waals surface area contributed by atoms with E-state index in [1.54, 1.807) is 0 Å². The molecule has 0 atom stereocenters. The number of nitrogens with zero attached hydrogens (tertiary/aromatic N) is 1. The zero-order valence-corrected chi connectivity index (χ0v) is 13.0. The molecule has 1 heterocycles. The van der Waals surface area contributed by atoms with Crippen molar-refractivity contribution >= 4 is 17.3 Å². The van der Waals surface area contributed by atoms with Crippen LogP contribution in [0.25, 0.3) is 0 Å². The molecule has 1 N–H and O–H groups in total. The molecule has 0 radical (unpaired) electrons. The molecule has 1 saturated heterocycles. The first-order valence-electron chi connectivity index (χ1n) is 7.92. The maximum absolute atomic E-state index is 12.4. The van der Waals surface area contributed by atoms with E-state index in [1.807, 2.05) is 49.4 Å². The summed E-state index contributed by atoms with van der Waals surface area (Å²) >= 11 is 0. The first kappa shape index (κ1) is 14.6. The van der Waals surface area contributed by atoms with Crippen LogP contribution in [0.5, 0.6) is 0 Å². The Morgan fingerprint density at radius 1 is 1.05 bits per heavy atom. The molecule has 3 rings (SSSR count). The average molecular weight is 294 g/mol. The van der Waals surface area contributed by atoms with Crippen LogP contribution in [0, 0.1) is 6.92 Å². The van der Waals surface area contributed by atoms with Crippen molar-refractivity contribution in [3.05, 3.63) is 59.7 Å². The van der Waals surface area contributed by atoms with Crippen LogP contribution in [0.4, 0.5) is 11.4 Å². The third-order valence-electron chi connectivity index (χ3n) is 4.24. The lowest BCUT2D eigenvalue weighted by molar-refractivity contribution is -0.115. The lowest BCUT2D eigenvalue weighted by Gasteiger charge is -2.21. The number of aryl methyl sites for hydroxylation is 1. The molecule has 0 saturated carbocycles. The lowest BCUT2D eigenvalue weighted by Crippen LogP contribution is -2.21. The summed E-state index contributed by atoms with van der Waals surface area (Å²) in [4.78, 5) is 14.7. The van der Waals surface area contributed by atoms with Crippen LogP contribution in [0.15, 0.2) is 48.5 Å². The lowest BCUT2D eigenvalue weighted by atomic mass is 10.1. The van der Waals surface area contributed by atoms with Crippen molar-refractivity contribution in [1.29, 1.82) is 0 Å². The van der Waals surface area contributed by atoms with E-state index in [2.05, 4.69) is 16.3 Å². The Bertz CT molecular complexity index is 660. The molecule has 1 aliphatic heterocycles. The Morgan fingerprint density at radius 2 is 1.73 bits per heavy atom. The van der Waals surface area contributed by atoms with Gasteiger partial charge in [-0.3, -0.25) is 4.79 Å². The maximum Gasteiger partial charge on any atom is 0.228 e. The van der Waals surface area contributed by atoms with Crippen LogP contribution in [0.3, 0.4) is 0 Å². The number of rotatable bonds is 4. The van der Waals surface area contributed by atoms with Crippen molar-refractivity contribution in [2.24, 2.45) is 0 Å². The normalized spacial score (nSPS) is 14.1. The largest absolute Gasteiger partial charge is 0.370 e. The van der Waals surface area contributed by atoms with Crippen LogP contribution < -0.4 is 10.2 Å². The third kappa shape index (κ3) is 3.30. The van der Waals surface area contributed by atoms with Crippen molar-refractivity contribution in [3.63, 3.8) is 0 Å². The molecule has 0 unspecified atom stereocenters. The quantitative estimate of drug-likeness (QED) is 0.931. The summed E-state index contributed by atoms with van der Waals surface area (Å²) in [6.45, 7) is 4.19. The Hall–Kier alpha value is -2.29. The Kier molecular flexibility index (Phi) is 4.42. The molecule has 1 aliphatic rings.